The lowest BCUT2D eigenvalue weighted by Crippen LogP contribution is -2.47. The van der Waals surface area contributed by atoms with Gasteiger partial charge in [-0.3, -0.25) is 0 Å². The van der Waals surface area contributed by atoms with Gasteiger partial charge in [0.15, 0.2) is 0 Å². The lowest BCUT2D eigenvalue weighted by molar-refractivity contribution is -0.0750. The molecule has 0 radical (unpaired) electrons. The van der Waals surface area contributed by atoms with Gasteiger partial charge >= 0.3 is 0 Å². The molecule has 0 aromatic carbocycles. The van der Waals surface area contributed by atoms with E-state index in [9.17, 15) is 15.3 Å². The molecule has 0 bridgehead atoms. The van der Waals surface area contributed by atoms with Gasteiger partial charge in [0.25, 0.3) is 0 Å². The minimum atomic E-state index is -1.31. The summed E-state index contributed by atoms with van der Waals surface area (Å²) in [5.74, 6) is 2.70. The molecule has 4 N–H and O–H groups in total. The number of rotatable bonds is 11. The van der Waals surface area contributed by atoms with Gasteiger partial charge in [-0.1, -0.05) is 20.8 Å². The predicted molar refractivity (Wildman–Crippen MR) is 87.1 cm³/mol. The van der Waals surface area contributed by atoms with Crippen molar-refractivity contribution in [3.63, 3.8) is 0 Å². The fourth-order valence-electron chi connectivity index (χ4n) is 1.63. The molecule has 7 heteroatoms. The molecule has 0 amide bonds. The number of hydrogen-bond donors (Lipinski definition) is 4. The molecule has 4 atom stereocenters. The van der Waals surface area contributed by atoms with E-state index in [1.165, 1.54) is 0 Å². The quantitative estimate of drug-likeness (QED) is 0.421. The molecule has 0 unspecified atom stereocenters. The summed E-state index contributed by atoms with van der Waals surface area (Å²) in [6.45, 7) is 5.58. The Kier molecular flexibility index (Phi) is 12.1. The fraction of sp³-hybridized carbons (Fsp3) is 1.00. The van der Waals surface area contributed by atoms with Gasteiger partial charge < -0.3 is 20.4 Å². The third kappa shape index (κ3) is 6.93. The average molecular weight is 331 g/mol. The molecule has 0 aromatic rings. The van der Waals surface area contributed by atoms with E-state index < -0.39 is 24.9 Å². The van der Waals surface area contributed by atoms with E-state index in [1.54, 1.807) is 35.3 Å². The maximum atomic E-state index is 10.3. The molecular weight excluding hydrogens is 304 g/mol. The van der Waals surface area contributed by atoms with Crippen molar-refractivity contribution in [3.8, 4) is 0 Å². The van der Waals surface area contributed by atoms with Gasteiger partial charge in [0.1, 0.15) is 12.2 Å². The Hall–Kier alpha value is 0.890. The zero-order valence-electron chi connectivity index (χ0n) is 11.7. The first-order valence-electron chi connectivity index (χ1n) is 6.53. The first kappa shape index (κ1) is 19.9. The standard InChI is InChI=1S/C12H26O4S3/c1-4-17-11(12(18-5-2)19-6-3)10(16)9(15)8(14)7-13/h8-16H,4-7H2,1-3H3/t8-,9-,10+,11+/m1/s1. The predicted octanol–water partition coefficient (Wildman–Crippen LogP) is 1.02. The van der Waals surface area contributed by atoms with E-state index in [1.807, 2.05) is 6.92 Å². The molecular formula is C12H26O4S3. The molecule has 0 aliphatic carbocycles. The number of aliphatic hydroxyl groups excluding tert-OH is 4. The molecule has 0 saturated heterocycles. The van der Waals surface area contributed by atoms with Gasteiger partial charge in [-0.05, 0) is 17.3 Å². The Morgan fingerprint density at radius 1 is 0.789 bits per heavy atom. The number of aliphatic hydroxyl groups is 4. The Labute approximate surface area is 128 Å². The summed E-state index contributed by atoms with van der Waals surface area (Å²) >= 11 is 5.07. The highest BCUT2D eigenvalue weighted by atomic mass is 32.2. The van der Waals surface area contributed by atoms with Gasteiger partial charge in [0.05, 0.1) is 22.5 Å². The molecule has 0 rings (SSSR count). The van der Waals surface area contributed by atoms with Crippen molar-refractivity contribution in [3.05, 3.63) is 0 Å². The second-order valence-corrected chi connectivity index (χ2v) is 8.52. The molecule has 0 spiro atoms. The van der Waals surface area contributed by atoms with Crippen molar-refractivity contribution in [1.29, 1.82) is 0 Å². The van der Waals surface area contributed by atoms with E-state index in [2.05, 4.69) is 13.8 Å². The second kappa shape index (κ2) is 11.5. The van der Waals surface area contributed by atoms with Crippen LogP contribution in [0.5, 0.6) is 0 Å². The fourth-order valence-corrected chi connectivity index (χ4v) is 6.03. The van der Waals surface area contributed by atoms with E-state index >= 15 is 0 Å². The van der Waals surface area contributed by atoms with Crippen LogP contribution in [0.2, 0.25) is 0 Å². The molecule has 0 aliphatic rings. The summed E-state index contributed by atoms with van der Waals surface area (Å²) < 4.78 is 0.162. The Morgan fingerprint density at radius 2 is 1.26 bits per heavy atom. The molecule has 19 heavy (non-hydrogen) atoms. The van der Waals surface area contributed by atoms with Crippen LogP contribution in [-0.2, 0) is 0 Å². The third-order valence-corrected chi connectivity index (χ3v) is 6.90. The zero-order valence-corrected chi connectivity index (χ0v) is 14.2. The Balaban J connectivity index is 4.82. The van der Waals surface area contributed by atoms with Crippen LogP contribution < -0.4 is 0 Å². The number of hydrogen-bond acceptors (Lipinski definition) is 7. The summed E-state index contributed by atoms with van der Waals surface area (Å²) in [4.78, 5) is 0. The van der Waals surface area contributed by atoms with Crippen molar-refractivity contribution in [2.45, 2.75) is 48.9 Å². The van der Waals surface area contributed by atoms with Crippen LogP contribution in [0.4, 0.5) is 0 Å². The van der Waals surface area contributed by atoms with Gasteiger partial charge in [0.2, 0.25) is 0 Å². The van der Waals surface area contributed by atoms with Gasteiger partial charge in [-0.15, -0.1) is 23.5 Å². The van der Waals surface area contributed by atoms with Gasteiger partial charge in [-0.2, -0.15) is 11.8 Å². The summed E-state index contributed by atoms with van der Waals surface area (Å²) in [6.07, 6.45) is -3.66. The van der Waals surface area contributed by atoms with Crippen LogP contribution in [0.1, 0.15) is 20.8 Å². The van der Waals surface area contributed by atoms with Crippen LogP contribution in [-0.4, -0.2) is 72.4 Å². The maximum Gasteiger partial charge on any atom is 0.109 e. The van der Waals surface area contributed by atoms with Crippen molar-refractivity contribution in [2.75, 3.05) is 23.9 Å². The van der Waals surface area contributed by atoms with Crippen LogP contribution in [0.3, 0.4) is 0 Å². The maximum absolute atomic E-state index is 10.3. The molecule has 0 aromatic heterocycles. The SMILES string of the molecule is CCSC(SCC)[C@@H](SCC)[C@@H](O)[C@H](O)[C@H](O)CO. The Bertz CT molecular complexity index is 215. The minimum Gasteiger partial charge on any atom is -0.394 e. The van der Waals surface area contributed by atoms with Crippen LogP contribution in [0.15, 0.2) is 0 Å². The molecule has 4 nitrogen and oxygen atoms in total. The smallest absolute Gasteiger partial charge is 0.109 e. The van der Waals surface area contributed by atoms with Crippen molar-refractivity contribution in [1.82, 2.24) is 0 Å². The lowest BCUT2D eigenvalue weighted by atomic mass is 10.1. The third-order valence-electron chi connectivity index (χ3n) is 2.56. The number of thioether (sulfide) groups is 3. The second-order valence-electron chi connectivity index (χ2n) is 3.93. The van der Waals surface area contributed by atoms with Crippen molar-refractivity contribution < 1.29 is 20.4 Å². The van der Waals surface area contributed by atoms with Crippen molar-refractivity contribution in [2.24, 2.45) is 0 Å². The summed E-state index contributed by atoms with van der Waals surface area (Å²) in [7, 11) is 0. The van der Waals surface area contributed by atoms with Gasteiger partial charge in [-0.25, -0.2) is 0 Å². The molecule has 0 saturated carbocycles. The molecule has 0 heterocycles. The van der Waals surface area contributed by atoms with Gasteiger partial charge in [0, 0.05) is 0 Å². The minimum absolute atomic E-state index is 0.162. The summed E-state index contributed by atoms with van der Waals surface area (Å²) in [6, 6.07) is 0. The first-order valence-corrected chi connectivity index (χ1v) is 9.67. The van der Waals surface area contributed by atoms with Crippen LogP contribution in [0, 0.1) is 0 Å². The van der Waals surface area contributed by atoms with E-state index in [0.717, 1.165) is 17.3 Å². The lowest BCUT2D eigenvalue weighted by Gasteiger charge is -2.33. The van der Waals surface area contributed by atoms with E-state index in [4.69, 9.17) is 5.11 Å². The highest BCUT2D eigenvalue weighted by molar-refractivity contribution is 8.18. The van der Waals surface area contributed by atoms with E-state index in [-0.39, 0.29) is 9.83 Å². The molecule has 116 valence electrons. The van der Waals surface area contributed by atoms with Crippen molar-refractivity contribution >= 4 is 35.3 Å². The zero-order chi connectivity index (χ0) is 14.8. The summed E-state index contributed by atoms with van der Waals surface area (Å²) in [5, 5.41) is 38.3. The normalized spacial score (nSPS) is 18.3. The highest BCUT2D eigenvalue weighted by Gasteiger charge is 2.36. The van der Waals surface area contributed by atoms with Crippen LogP contribution >= 0.6 is 35.3 Å². The monoisotopic (exact) mass is 330 g/mol. The van der Waals surface area contributed by atoms with E-state index in [0.29, 0.717) is 0 Å². The average Bonchev–Trinajstić information content (AvgIpc) is 2.42. The highest BCUT2D eigenvalue weighted by Crippen LogP contribution is 2.36. The molecule has 0 aliphatic heterocycles. The summed E-state index contributed by atoms with van der Waals surface area (Å²) in [5.41, 5.74) is 0. The first-order chi connectivity index (χ1) is 9.03. The topological polar surface area (TPSA) is 80.9 Å². The Morgan fingerprint density at radius 3 is 1.63 bits per heavy atom. The van der Waals surface area contributed by atoms with Crippen LogP contribution in [0.25, 0.3) is 0 Å². The molecule has 0 fully saturated rings. The largest absolute Gasteiger partial charge is 0.394 e.